The minimum Gasteiger partial charge on any atom is -0.481 e. The molecule has 21 heavy (non-hydrogen) atoms. The Hall–Kier alpha value is -2.63. The van der Waals surface area contributed by atoms with Gasteiger partial charge in [0.05, 0.1) is 0 Å². The van der Waals surface area contributed by atoms with Gasteiger partial charge in [0, 0.05) is 24.6 Å². The third-order valence-electron chi connectivity index (χ3n) is 2.77. The molecule has 4 N–H and O–H groups in total. The van der Waals surface area contributed by atoms with Gasteiger partial charge in [-0.05, 0) is 29.7 Å². The van der Waals surface area contributed by atoms with Crippen LogP contribution in [0.1, 0.15) is 29.3 Å². The van der Waals surface area contributed by atoms with Gasteiger partial charge in [-0.15, -0.1) is 0 Å². The zero-order valence-corrected chi connectivity index (χ0v) is 11.7. The lowest BCUT2D eigenvalue weighted by Crippen LogP contribution is -2.27. The Labute approximate surface area is 122 Å². The van der Waals surface area contributed by atoms with Gasteiger partial charge in [0.15, 0.2) is 0 Å². The van der Waals surface area contributed by atoms with Gasteiger partial charge in [-0.3, -0.25) is 14.4 Å². The van der Waals surface area contributed by atoms with Crippen molar-refractivity contribution in [2.45, 2.75) is 13.3 Å². The smallest absolute Gasteiger partial charge is 0.303 e. The van der Waals surface area contributed by atoms with Gasteiger partial charge >= 0.3 is 5.97 Å². The van der Waals surface area contributed by atoms with Crippen molar-refractivity contribution >= 4 is 23.9 Å². The van der Waals surface area contributed by atoms with Crippen LogP contribution in [0.2, 0.25) is 0 Å². The first-order valence-electron chi connectivity index (χ1n) is 6.46. The van der Waals surface area contributed by atoms with Crippen molar-refractivity contribution in [3.8, 4) is 0 Å². The zero-order chi connectivity index (χ0) is 15.8. The maximum absolute atomic E-state index is 11.6. The second-order valence-corrected chi connectivity index (χ2v) is 4.77. The second kappa shape index (κ2) is 7.84. The van der Waals surface area contributed by atoms with Crippen LogP contribution in [0, 0.1) is 5.92 Å². The molecule has 0 bridgehead atoms. The number of carbonyl (C=O) groups excluding carboxylic acids is 2. The number of carbonyl (C=O) groups is 3. The number of nitrogens with two attached hydrogens (primary N) is 1. The highest BCUT2D eigenvalue weighted by Gasteiger charge is 2.08. The summed E-state index contributed by atoms with van der Waals surface area (Å²) < 4.78 is 0. The lowest BCUT2D eigenvalue weighted by Gasteiger charge is -2.08. The van der Waals surface area contributed by atoms with Crippen LogP contribution >= 0.6 is 0 Å². The third kappa shape index (κ3) is 6.38. The van der Waals surface area contributed by atoms with E-state index in [2.05, 4.69) is 5.32 Å². The summed E-state index contributed by atoms with van der Waals surface area (Å²) in [5.74, 6) is -1.82. The monoisotopic (exact) mass is 290 g/mol. The molecule has 0 heterocycles. The predicted octanol–water partition coefficient (Wildman–Crippen LogP) is 1.03. The summed E-state index contributed by atoms with van der Waals surface area (Å²) in [6.45, 7) is 2.05. The van der Waals surface area contributed by atoms with Crippen LogP contribution in [-0.4, -0.2) is 29.4 Å². The van der Waals surface area contributed by atoms with Crippen molar-refractivity contribution in [2.75, 3.05) is 6.54 Å². The first-order chi connectivity index (χ1) is 9.88. The Morgan fingerprint density at radius 1 is 1.29 bits per heavy atom. The van der Waals surface area contributed by atoms with Crippen LogP contribution in [0.5, 0.6) is 0 Å². The minimum absolute atomic E-state index is 0.0125. The molecule has 0 fully saturated rings. The van der Waals surface area contributed by atoms with Gasteiger partial charge in [0.2, 0.25) is 11.8 Å². The molecule has 0 aliphatic heterocycles. The number of carboxylic acids is 1. The number of amides is 2. The molecule has 0 saturated heterocycles. The summed E-state index contributed by atoms with van der Waals surface area (Å²) in [4.78, 5) is 32.9. The Morgan fingerprint density at radius 2 is 1.90 bits per heavy atom. The molecule has 1 aromatic rings. The highest BCUT2D eigenvalue weighted by Crippen LogP contribution is 2.05. The second-order valence-electron chi connectivity index (χ2n) is 4.77. The molecule has 2 amide bonds. The molecule has 1 unspecified atom stereocenters. The molecule has 1 atom stereocenters. The van der Waals surface area contributed by atoms with E-state index in [0.717, 1.165) is 5.56 Å². The molecular weight excluding hydrogens is 272 g/mol. The van der Waals surface area contributed by atoms with Crippen molar-refractivity contribution in [1.82, 2.24) is 5.32 Å². The molecule has 1 aromatic carbocycles. The van der Waals surface area contributed by atoms with E-state index in [1.807, 2.05) is 0 Å². The van der Waals surface area contributed by atoms with E-state index in [9.17, 15) is 14.4 Å². The normalized spacial score (nSPS) is 12.0. The topological polar surface area (TPSA) is 109 Å². The fraction of sp³-hybridized carbons (Fsp3) is 0.267. The van der Waals surface area contributed by atoms with E-state index in [4.69, 9.17) is 10.8 Å². The average molecular weight is 290 g/mol. The first-order valence-corrected chi connectivity index (χ1v) is 6.46. The Morgan fingerprint density at radius 3 is 2.43 bits per heavy atom. The van der Waals surface area contributed by atoms with Gasteiger partial charge in [-0.1, -0.05) is 19.1 Å². The lowest BCUT2D eigenvalue weighted by molar-refractivity contribution is -0.138. The maximum atomic E-state index is 11.6. The summed E-state index contributed by atoms with van der Waals surface area (Å²) >= 11 is 0. The van der Waals surface area contributed by atoms with Gasteiger partial charge in [0.25, 0.3) is 0 Å². The van der Waals surface area contributed by atoms with Gasteiger partial charge in [-0.2, -0.15) is 0 Å². The number of rotatable bonds is 7. The quantitative estimate of drug-likeness (QED) is 0.651. The van der Waals surface area contributed by atoms with Crippen LogP contribution in [-0.2, 0) is 9.59 Å². The zero-order valence-electron chi connectivity index (χ0n) is 11.7. The fourth-order valence-electron chi connectivity index (χ4n) is 1.63. The number of primary amides is 1. The minimum atomic E-state index is -0.887. The molecule has 0 aromatic heterocycles. The van der Waals surface area contributed by atoms with E-state index in [1.54, 1.807) is 37.3 Å². The van der Waals surface area contributed by atoms with Gasteiger partial charge in [-0.25, -0.2) is 0 Å². The summed E-state index contributed by atoms with van der Waals surface area (Å²) in [6, 6.07) is 6.51. The maximum Gasteiger partial charge on any atom is 0.303 e. The Kier molecular flexibility index (Phi) is 6.13. The largest absolute Gasteiger partial charge is 0.481 e. The highest BCUT2D eigenvalue weighted by atomic mass is 16.4. The standard InChI is InChI=1S/C15H18N2O4/c1-10(8-14(19)20)9-17-13(18)7-4-11-2-5-12(6-3-11)15(16)21/h2-7,10H,8-9H2,1H3,(H2,16,21)(H,17,18)(H,19,20)/b7-4+. The van der Waals surface area contributed by atoms with Gasteiger partial charge in [0.1, 0.15) is 0 Å². The molecule has 6 heteroatoms. The fourth-order valence-corrected chi connectivity index (χ4v) is 1.63. The van der Waals surface area contributed by atoms with E-state index >= 15 is 0 Å². The van der Waals surface area contributed by atoms with E-state index < -0.39 is 11.9 Å². The summed E-state index contributed by atoms with van der Waals surface area (Å²) in [5, 5.41) is 11.2. The summed E-state index contributed by atoms with van der Waals surface area (Å²) in [7, 11) is 0. The van der Waals surface area contributed by atoms with Crippen LogP contribution in [0.4, 0.5) is 0 Å². The average Bonchev–Trinajstić information content (AvgIpc) is 2.42. The van der Waals surface area contributed by atoms with E-state index in [-0.39, 0.29) is 18.2 Å². The number of aliphatic carboxylic acids is 1. The molecule has 112 valence electrons. The third-order valence-corrected chi connectivity index (χ3v) is 2.77. The van der Waals surface area contributed by atoms with Crippen molar-refractivity contribution in [3.05, 3.63) is 41.5 Å². The Bertz CT molecular complexity index is 549. The number of carboxylic acid groups (broad SMARTS) is 1. The molecule has 0 aliphatic rings. The number of hydrogen-bond acceptors (Lipinski definition) is 3. The van der Waals surface area contributed by atoms with Gasteiger partial charge < -0.3 is 16.2 Å². The molecule has 0 aliphatic carbocycles. The van der Waals surface area contributed by atoms with E-state index in [0.29, 0.717) is 12.1 Å². The number of benzene rings is 1. The van der Waals surface area contributed by atoms with E-state index in [1.165, 1.54) is 6.08 Å². The summed E-state index contributed by atoms with van der Waals surface area (Å²) in [6.07, 6.45) is 2.97. The molecule has 6 nitrogen and oxygen atoms in total. The van der Waals surface area contributed by atoms with Crippen LogP contribution < -0.4 is 11.1 Å². The van der Waals surface area contributed by atoms with Crippen molar-refractivity contribution < 1.29 is 19.5 Å². The molecule has 0 radical (unpaired) electrons. The first kappa shape index (κ1) is 16.4. The van der Waals surface area contributed by atoms with Crippen molar-refractivity contribution in [3.63, 3.8) is 0 Å². The summed E-state index contributed by atoms with van der Waals surface area (Å²) in [5.41, 5.74) is 6.29. The predicted molar refractivity (Wildman–Crippen MR) is 78.4 cm³/mol. The van der Waals surface area contributed by atoms with Crippen LogP contribution in [0.25, 0.3) is 6.08 Å². The molecule has 0 saturated carbocycles. The highest BCUT2D eigenvalue weighted by molar-refractivity contribution is 5.94. The number of nitrogens with one attached hydrogen (secondary N) is 1. The Balaban J connectivity index is 2.46. The van der Waals surface area contributed by atoms with Crippen LogP contribution in [0.3, 0.4) is 0 Å². The molecular formula is C15H18N2O4. The SMILES string of the molecule is CC(CNC(=O)/C=C/c1ccc(C(N)=O)cc1)CC(=O)O. The van der Waals surface area contributed by atoms with Crippen LogP contribution in [0.15, 0.2) is 30.3 Å². The molecule has 1 rings (SSSR count). The number of hydrogen-bond donors (Lipinski definition) is 3. The lowest BCUT2D eigenvalue weighted by atomic mass is 10.1. The molecule has 0 spiro atoms. The van der Waals surface area contributed by atoms with Crippen molar-refractivity contribution in [2.24, 2.45) is 11.7 Å². The van der Waals surface area contributed by atoms with Crippen molar-refractivity contribution in [1.29, 1.82) is 0 Å².